The van der Waals surface area contributed by atoms with E-state index in [0.29, 0.717) is 0 Å². The van der Waals surface area contributed by atoms with Gasteiger partial charge in [-0.25, -0.2) is 0 Å². The molecule has 1 aliphatic carbocycles. The molecule has 6 aromatic rings. The van der Waals surface area contributed by atoms with Crippen LogP contribution in [0, 0.1) is 0 Å². The van der Waals surface area contributed by atoms with Crippen LogP contribution in [0.25, 0.3) is 40.3 Å². The van der Waals surface area contributed by atoms with Gasteiger partial charge in [-0.15, -0.1) is 22.7 Å². The maximum absolute atomic E-state index is 15.9. The SMILES string of the molecule is CCCCCCc1c2c(c(CCCCCC)c3c1sc1ccccc13)C(=O)c1c(c(CCCCCC)c3c(sc4ccccc43)c1CCCCCC)C2=O. The van der Waals surface area contributed by atoms with E-state index >= 15 is 9.59 Å². The van der Waals surface area contributed by atoms with Gasteiger partial charge < -0.3 is 0 Å². The summed E-state index contributed by atoms with van der Waals surface area (Å²) >= 11 is 3.71. The number of benzene rings is 4. The number of aryl methyl sites for hydroxylation is 4. The lowest BCUT2D eigenvalue weighted by molar-refractivity contribution is 0.0976. The zero-order chi connectivity index (χ0) is 37.6. The largest absolute Gasteiger partial charge is 0.289 e. The minimum atomic E-state index is 0.136. The van der Waals surface area contributed by atoms with Crippen LogP contribution in [-0.4, -0.2) is 11.6 Å². The fraction of sp³-hybridized carbons (Fsp3) is 0.480. The van der Waals surface area contributed by atoms with Crippen molar-refractivity contribution in [2.75, 3.05) is 0 Å². The average Bonchev–Trinajstić information content (AvgIpc) is 3.77. The molecule has 2 nitrogen and oxygen atoms in total. The predicted molar refractivity (Wildman–Crippen MR) is 237 cm³/mol. The fourth-order valence-corrected chi connectivity index (χ4v) is 12.0. The van der Waals surface area contributed by atoms with Gasteiger partial charge in [0.05, 0.1) is 0 Å². The molecule has 4 heteroatoms. The molecule has 0 aliphatic heterocycles. The van der Waals surface area contributed by atoms with Gasteiger partial charge in [-0.3, -0.25) is 9.59 Å². The second-order valence-corrected chi connectivity index (χ2v) is 18.0. The van der Waals surface area contributed by atoms with Crippen LogP contribution >= 0.6 is 22.7 Å². The third-order valence-electron chi connectivity index (χ3n) is 12.1. The van der Waals surface area contributed by atoms with Gasteiger partial charge in [-0.1, -0.05) is 141 Å². The number of carbonyl (C=O) groups excluding carboxylic acids is 2. The van der Waals surface area contributed by atoms with Crippen LogP contribution in [0.3, 0.4) is 0 Å². The summed E-state index contributed by atoms with van der Waals surface area (Å²) in [6, 6.07) is 17.6. The number of rotatable bonds is 20. The van der Waals surface area contributed by atoms with Crippen molar-refractivity contribution in [1.82, 2.24) is 0 Å². The molecule has 0 radical (unpaired) electrons. The number of unbranched alkanes of at least 4 members (excludes halogenated alkanes) is 12. The summed E-state index contributed by atoms with van der Waals surface area (Å²) in [4.78, 5) is 31.9. The minimum absolute atomic E-state index is 0.136. The molecule has 0 saturated carbocycles. The van der Waals surface area contributed by atoms with Gasteiger partial charge in [0.1, 0.15) is 0 Å². The molecule has 2 heterocycles. The molecule has 0 bridgehead atoms. The highest BCUT2D eigenvalue weighted by molar-refractivity contribution is 7.26. The highest BCUT2D eigenvalue weighted by atomic mass is 32.1. The molecule has 54 heavy (non-hydrogen) atoms. The van der Waals surface area contributed by atoms with Crippen LogP contribution < -0.4 is 0 Å². The second kappa shape index (κ2) is 18.1. The molecule has 0 fully saturated rings. The number of fused-ring (bicyclic) bond motifs is 8. The van der Waals surface area contributed by atoms with E-state index in [2.05, 4.69) is 76.2 Å². The van der Waals surface area contributed by atoms with Crippen LogP contribution in [0.5, 0.6) is 0 Å². The Morgan fingerprint density at radius 3 is 1.06 bits per heavy atom. The third kappa shape index (κ3) is 7.35. The van der Waals surface area contributed by atoms with Crippen molar-refractivity contribution in [3.8, 4) is 0 Å². The van der Waals surface area contributed by atoms with E-state index in [1.165, 1.54) is 91.7 Å². The maximum atomic E-state index is 15.9. The molecule has 0 amide bonds. The highest BCUT2D eigenvalue weighted by Crippen LogP contribution is 2.50. The van der Waals surface area contributed by atoms with E-state index in [1.807, 2.05) is 22.7 Å². The lowest BCUT2D eigenvalue weighted by Crippen LogP contribution is -2.28. The van der Waals surface area contributed by atoms with Crippen molar-refractivity contribution in [2.45, 2.75) is 156 Å². The first-order valence-corrected chi connectivity index (χ1v) is 23.3. The standard InChI is InChI=1S/C50H60O2S2/c1-5-9-13-17-27-35-41-33-25-21-23-31-39(33)53-49(41)37(29-19-15-11-7-3)45-43(35)47(51)46-38(30-20-16-12-8-4)50-42(34-26-22-24-32-40(34)54-50)36(44(46)48(45)52)28-18-14-10-6-2/h21-26,31-32H,5-20,27-30H2,1-4H3. The Morgan fingerprint density at radius 2 is 0.704 bits per heavy atom. The molecular formula is C50H60O2S2. The number of hydrogen-bond acceptors (Lipinski definition) is 4. The fourth-order valence-electron chi connectivity index (χ4n) is 9.34. The average molecular weight is 757 g/mol. The van der Waals surface area contributed by atoms with Crippen LogP contribution in [-0.2, 0) is 25.7 Å². The Labute approximate surface area is 331 Å². The van der Waals surface area contributed by atoms with Crippen LogP contribution in [0.15, 0.2) is 48.5 Å². The van der Waals surface area contributed by atoms with Crippen molar-refractivity contribution in [3.63, 3.8) is 0 Å². The molecule has 0 saturated heterocycles. The topological polar surface area (TPSA) is 34.1 Å². The Morgan fingerprint density at radius 1 is 0.389 bits per heavy atom. The minimum Gasteiger partial charge on any atom is -0.289 e. The van der Waals surface area contributed by atoms with Crippen LogP contribution in [0.2, 0.25) is 0 Å². The number of ketones is 2. The number of hydrogen-bond donors (Lipinski definition) is 0. The molecule has 0 spiro atoms. The zero-order valence-electron chi connectivity index (χ0n) is 33.4. The monoisotopic (exact) mass is 756 g/mol. The summed E-state index contributed by atoms with van der Waals surface area (Å²) in [6.07, 6.45) is 21.5. The predicted octanol–water partition coefficient (Wildman–Crippen LogP) is 15.7. The summed E-state index contributed by atoms with van der Waals surface area (Å²) in [5, 5.41) is 5.02. The first-order valence-electron chi connectivity index (χ1n) is 21.6. The molecule has 0 atom stereocenters. The van der Waals surface area contributed by atoms with Crippen molar-refractivity contribution >= 4 is 74.6 Å². The number of carbonyl (C=O) groups is 2. The molecule has 7 rings (SSSR count). The highest BCUT2D eigenvalue weighted by Gasteiger charge is 2.40. The Kier molecular flexibility index (Phi) is 13.0. The molecule has 284 valence electrons. The third-order valence-corrected chi connectivity index (χ3v) is 14.5. The Hall–Kier alpha value is -3.34. The number of thiophene rings is 2. The van der Waals surface area contributed by atoms with E-state index in [-0.39, 0.29) is 11.6 Å². The summed E-state index contributed by atoms with van der Waals surface area (Å²) in [5.74, 6) is 0.272. The van der Waals surface area contributed by atoms with Crippen LogP contribution in [0.4, 0.5) is 0 Å². The van der Waals surface area contributed by atoms with Crippen molar-refractivity contribution in [2.24, 2.45) is 0 Å². The van der Waals surface area contributed by atoms with E-state index in [4.69, 9.17) is 0 Å². The van der Waals surface area contributed by atoms with E-state index in [0.717, 1.165) is 122 Å². The van der Waals surface area contributed by atoms with Gasteiger partial charge in [-0.05, 0) is 85.8 Å². The van der Waals surface area contributed by atoms with Gasteiger partial charge >= 0.3 is 0 Å². The Balaban J connectivity index is 1.56. The molecule has 0 N–H and O–H groups in total. The van der Waals surface area contributed by atoms with Crippen molar-refractivity contribution in [3.05, 3.63) is 93.0 Å². The molecule has 0 unspecified atom stereocenters. The quantitative estimate of drug-likeness (QED) is 0.0726. The van der Waals surface area contributed by atoms with Crippen LogP contribution in [0.1, 0.15) is 185 Å². The van der Waals surface area contributed by atoms with Gasteiger partial charge in [0.25, 0.3) is 0 Å². The van der Waals surface area contributed by atoms with Crippen molar-refractivity contribution in [1.29, 1.82) is 0 Å². The summed E-state index contributed by atoms with van der Waals surface area (Å²) < 4.78 is 5.04. The lowest BCUT2D eigenvalue weighted by Gasteiger charge is -2.29. The summed E-state index contributed by atoms with van der Waals surface area (Å²) in [5.41, 5.74) is 7.64. The van der Waals surface area contributed by atoms with E-state index in [9.17, 15) is 0 Å². The van der Waals surface area contributed by atoms with Gasteiger partial charge in [0, 0.05) is 62.6 Å². The van der Waals surface area contributed by atoms with Crippen molar-refractivity contribution < 1.29 is 9.59 Å². The van der Waals surface area contributed by atoms with Gasteiger partial charge in [0.2, 0.25) is 0 Å². The normalized spacial score (nSPS) is 12.9. The summed E-state index contributed by atoms with van der Waals surface area (Å²) in [6.45, 7) is 9.04. The lowest BCUT2D eigenvalue weighted by atomic mass is 9.72. The van der Waals surface area contributed by atoms with Gasteiger partial charge in [0.15, 0.2) is 11.6 Å². The molecule has 2 aromatic heterocycles. The molecule has 1 aliphatic rings. The van der Waals surface area contributed by atoms with E-state index in [1.54, 1.807) is 0 Å². The Bertz CT molecular complexity index is 2120. The maximum Gasteiger partial charge on any atom is 0.195 e. The smallest absolute Gasteiger partial charge is 0.195 e. The first-order chi connectivity index (χ1) is 26.5. The van der Waals surface area contributed by atoms with Gasteiger partial charge in [-0.2, -0.15) is 0 Å². The van der Waals surface area contributed by atoms with E-state index < -0.39 is 0 Å². The summed E-state index contributed by atoms with van der Waals surface area (Å²) in [7, 11) is 0. The molecular weight excluding hydrogens is 697 g/mol. The second-order valence-electron chi connectivity index (χ2n) is 15.9. The first kappa shape index (κ1) is 38.9. The molecule has 4 aromatic carbocycles. The zero-order valence-corrected chi connectivity index (χ0v) is 35.0.